The van der Waals surface area contributed by atoms with E-state index in [0.717, 1.165) is 18.2 Å². The van der Waals surface area contributed by atoms with Crippen molar-refractivity contribution in [2.45, 2.75) is 20.0 Å². The zero-order chi connectivity index (χ0) is 17.0. The number of carbonyl (C=O) groups excluding carboxylic acids is 1. The number of nitro benzene ring substituents is 1. The van der Waals surface area contributed by atoms with Gasteiger partial charge in [-0.2, -0.15) is 0 Å². The number of rotatable bonds is 5. The zero-order valence-corrected chi connectivity index (χ0v) is 12.6. The number of ether oxygens (including phenoxy) is 1. The molecule has 0 aliphatic rings. The molecule has 0 unspecified atom stereocenters. The van der Waals surface area contributed by atoms with Crippen LogP contribution in [0.15, 0.2) is 42.5 Å². The molecule has 0 aliphatic carbocycles. The van der Waals surface area contributed by atoms with Crippen molar-refractivity contribution in [2.24, 2.45) is 0 Å². The molecular weight excluding hydrogens is 303 g/mol. The van der Waals surface area contributed by atoms with Crippen LogP contribution in [0, 0.1) is 15.9 Å². The van der Waals surface area contributed by atoms with Crippen molar-refractivity contribution in [3.63, 3.8) is 0 Å². The van der Waals surface area contributed by atoms with Gasteiger partial charge in [0, 0.05) is 17.7 Å². The van der Waals surface area contributed by atoms with Gasteiger partial charge in [-0.3, -0.25) is 14.9 Å². The molecule has 120 valence electrons. The summed E-state index contributed by atoms with van der Waals surface area (Å²) < 4.78 is 19.1. The highest BCUT2D eigenvalue weighted by Gasteiger charge is 2.14. The van der Waals surface area contributed by atoms with Crippen LogP contribution in [0.5, 0.6) is 5.75 Å². The van der Waals surface area contributed by atoms with Crippen LogP contribution in [0.2, 0.25) is 0 Å². The molecule has 6 nitrogen and oxygen atoms in total. The maximum atomic E-state index is 13.7. The molecule has 0 fully saturated rings. The average molecular weight is 318 g/mol. The summed E-state index contributed by atoms with van der Waals surface area (Å²) in [4.78, 5) is 22.1. The molecule has 0 atom stereocenters. The number of nitrogens with zero attached hydrogens (tertiary/aromatic N) is 1. The molecule has 0 saturated carbocycles. The fraction of sp³-hybridized carbons (Fsp3) is 0.188. The minimum atomic E-state index is -0.747. The number of non-ortho nitro benzene ring substituents is 1. The van der Waals surface area contributed by atoms with Crippen LogP contribution in [-0.2, 0) is 0 Å². The highest BCUT2D eigenvalue weighted by molar-refractivity contribution is 6.04. The second-order valence-corrected chi connectivity index (χ2v) is 5.07. The summed E-state index contributed by atoms with van der Waals surface area (Å²) in [5.74, 6) is -0.706. The Bertz CT molecular complexity index is 729. The normalized spacial score (nSPS) is 10.4. The van der Waals surface area contributed by atoms with Crippen LogP contribution >= 0.6 is 0 Å². The van der Waals surface area contributed by atoms with E-state index in [-0.39, 0.29) is 23.0 Å². The van der Waals surface area contributed by atoms with E-state index < -0.39 is 16.6 Å². The number of nitro groups is 1. The molecule has 0 bridgehead atoms. The van der Waals surface area contributed by atoms with Gasteiger partial charge in [-0.05, 0) is 44.2 Å². The van der Waals surface area contributed by atoms with Crippen LogP contribution in [0.3, 0.4) is 0 Å². The first kappa shape index (κ1) is 16.4. The highest BCUT2D eigenvalue weighted by Crippen LogP contribution is 2.22. The van der Waals surface area contributed by atoms with Crippen LogP contribution in [0.1, 0.15) is 24.2 Å². The van der Waals surface area contributed by atoms with Crippen LogP contribution in [0.25, 0.3) is 0 Å². The first-order valence-electron chi connectivity index (χ1n) is 6.89. The van der Waals surface area contributed by atoms with Gasteiger partial charge < -0.3 is 10.1 Å². The van der Waals surface area contributed by atoms with E-state index >= 15 is 0 Å². The SMILES string of the molecule is CC(C)Oc1ccc(C(=O)Nc2cc([N+](=O)[O-])ccc2F)cc1. The first-order valence-corrected chi connectivity index (χ1v) is 6.89. The van der Waals surface area contributed by atoms with Crippen LogP contribution in [0.4, 0.5) is 15.8 Å². The van der Waals surface area contributed by atoms with E-state index in [1.165, 1.54) is 12.1 Å². The Labute approximate surface area is 132 Å². The van der Waals surface area contributed by atoms with Crippen molar-refractivity contribution in [1.29, 1.82) is 0 Å². The fourth-order valence-corrected chi connectivity index (χ4v) is 1.87. The zero-order valence-electron chi connectivity index (χ0n) is 12.6. The number of anilines is 1. The van der Waals surface area contributed by atoms with Gasteiger partial charge >= 0.3 is 0 Å². The maximum Gasteiger partial charge on any atom is 0.271 e. The van der Waals surface area contributed by atoms with Crippen LogP contribution in [-0.4, -0.2) is 16.9 Å². The van der Waals surface area contributed by atoms with E-state index in [0.29, 0.717) is 5.75 Å². The number of hydrogen-bond acceptors (Lipinski definition) is 4. The minimum absolute atomic E-state index is 0.00800. The highest BCUT2D eigenvalue weighted by atomic mass is 19.1. The Kier molecular flexibility index (Phi) is 4.90. The largest absolute Gasteiger partial charge is 0.491 e. The molecule has 23 heavy (non-hydrogen) atoms. The molecule has 2 aromatic carbocycles. The average Bonchev–Trinajstić information content (AvgIpc) is 2.49. The molecule has 0 heterocycles. The molecule has 7 heteroatoms. The third kappa shape index (κ3) is 4.26. The number of benzene rings is 2. The second kappa shape index (κ2) is 6.87. The summed E-state index contributed by atoms with van der Waals surface area (Å²) in [7, 11) is 0. The van der Waals surface area contributed by atoms with E-state index in [9.17, 15) is 19.3 Å². The summed E-state index contributed by atoms with van der Waals surface area (Å²) in [6, 6.07) is 9.25. The minimum Gasteiger partial charge on any atom is -0.491 e. The standard InChI is InChI=1S/C16H15FN2O4/c1-10(2)23-13-6-3-11(4-7-13)16(20)18-15-9-12(19(21)22)5-8-14(15)17/h3-10H,1-2H3,(H,18,20). The molecule has 2 aromatic rings. The first-order chi connectivity index (χ1) is 10.9. The molecule has 0 aliphatic heterocycles. The second-order valence-electron chi connectivity index (χ2n) is 5.07. The molecule has 2 rings (SSSR count). The Morgan fingerprint density at radius 1 is 1.22 bits per heavy atom. The number of halogens is 1. The Hall–Kier alpha value is -2.96. The lowest BCUT2D eigenvalue weighted by atomic mass is 10.2. The Morgan fingerprint density at radius 2 is 1.87 bits per heavy atom. The molecule has 1 amide bonds. The molecular formula is C16H15FN2O4. The summed E-state index contributed by atoms with van der Waals surface area (Å²) in [6.45, 7) is 3.76. The summed E-state index contributed by atoms with van der Waals surface area (Å²) >= 11 is 0. The molecule has 1 N–H and O–H groups in total. The van der Waals surface area contributed by atoms with Gasteiger partial charge in [0.1, 0.15) is 11.6 Å². The molecule has 0 spiro atoms. The molecule has 0 radical (unpaired) electrons. The Balaban J connectivity index is 2.15. The lowest BCUT2D eigenvalue weighted by Gasteiger charge is -2.10. The number of hydrogen-bond donors (Lipinski definition) is 1. The maximum absolute atomic E-state index is 13.7. The van der Waals surface area contributed by atoms with Gasteiger partial charge in [-0.25, -0.2) is 4.39 Å². The van der Waals surface area contributed by atoms with E-state index in [4.69, 9.17) is 4.74 Å². The van der Waals surface area contributed by atoms with Crippen molar-refractivity contribution < 1.29 is 18.8 Å². The molecule has 0 aromatic heterocycles. The van der Waals surface area contributed by atoms with Crippen molar-refractivity contribution in [1.82, 2.24) is 0 Å². The van der Waals surface area contributed by atoms with Crippen molar-refractivity contribution in [3.8, 4) is 5.75 Å². The summed E-state index contributed by atoms with van der Waals surface area (Å²) in [5.41, 5.74) is -0.263. The number of amides is 1. The van der Waals surface area contributed by atoms with Gasteiger partial charge in [0.05, 0.1) is 16.7 Å². The van der Waals surface area contributed by atoms with Crippen molar-refractivity contribution in [2.75, 3.05) is 5.32 Å². The third-order valence-corrected chi connectivity index (χ3v) is 2.90. The third-order valence-electron chi connectivity index (χ3n) is 2.90. The van der Waals surface area contributed by atoms with E-state index in [2.05, 4.69) is 5.32 Å². The summed E-state index contributed by atoms with van der Waals surface area (Å²) in [5, 5.41) is 13.0. The van der Waals surface area contributed by atoms with Crippen molar-refractivity contribution in [3.05, 3.63) is 64.0 Å². The van der Waals surface area contributed by atoms with Gasteiger partial charge in [0.25, 0.3) is 11.6 Å². The fourth-order valence-electron chi connectivity index (χ4n) is 1.87. The molecule has 0 saturated heterocycles. The van der Waals surface area contributed by atoms with E-state index in [1.54, 1.807) is 12.1 Å². The van der Waals surface area contributed by atoms with E-state index in [1.807, 2.05) is 13.8 Å². The quantitative estimate of drug-likeness (QED) is 0.672. The van der Waals surface area contributed by atoms with Crippen molar-refractivity contribution >= 4 is 17.3 Å². The monoisotopic (exact) mass is 318 g/mol. The summed E-state index contributed by atoms with van der Waals surface area (Å²) in [6.07, 6.45) is 0.00800. The number of nitrogens with one attached hydrogen (secondary N) is 1. The topological polar surface area (TPSA) is 81.5 Å². The lowest BCUT2D eigenvalue weighted by Crippen LogP contribution is -2.13. The van der Waals surface area contributed by atoms with Gasteiger partial charge in [-0.15, -0.1) is 0 Å². The Morgan fingerprint density at radius 3 is 2.43 bits per heavy atom. The van der Waals surface area contributed by atoms with Gasteiger partial charge in [0.15, 0.2) is 0 Å². The van der Waals surface area contributed by atoms with Gasteiger partial charge in [0.2, 0.25) is 0 Å². The predicted molar refractivity (Wildman–Crippen MR) is 83.2 cm³/mol. The van der Waals surface area contributed by atoms with Gasteiger partial charge in [-0.1, -0.05) is 0 Å². The smallest absolute Gasteiger partial charge is 0.271 e. The predicted octanol–water partition coefficient (Wildman–Crippen LogP) is 3.77. The number of carbonyl (C=O) groups is 1. The van der Waals surface area contributed by atoms with Crippen LogP contribution < -0.4 is 10.1 Å². The lowest BCUT2D eigenvalue weighted by molar-refractivity contribution is -0.384.